The fraction of sp³-hybridized carbons (Fsp3) is 0.400. The quantitative estimate of drug-likeness (QED) is 0.845. The highest BCUT2D eigenvalue weighted by molar-refractivity contribution is 7.99. The van der Waals surface area contributed by atoms with Gasteiger partial charge in [0.05, 0.1) is 5.75 Å². The highest BCUT2D eigenvalue weighted by Crippen LogP contribution is 2.40. The van der Waals surface area contributed by atoms with Crippen LogP contribution in [0.4, 0.5) is 5.69 Å². The largest absolute Gasteiger partial charge is 0.341 e. The van der Waals surface area contributed by atoms with E-state index in [9.17, 15) is 9.59 Å². The molecule has 116 valence electrons. The molecule has 1 atom stereocenters. The number of benzene rings is 1. The number of thioether (sulfide) groups is 1. The van der Waals surface area contributed by atoms with Gasteiger partial charge in [0.15, 0.2) is 5.16 Å². The molecule has 3 rings (SSSR count). The first-order chi connectivity index (χ1) is 10.6. The first-order valence-corrected chi connectivity index (χ1v) is 8.21. The van der Waals surface area contributed by atoms with E-state index in [2.05, 4.69) is 35.1 Å². The van der Waals surface area contributed by atoms with Crippen molar-refractivity contribution in [3.05, 3.63) is 40.3 Å². The van der Waals surface area contributed by atoms with Gasteiger partial charge in [-0.25, -0.2) is 9.89 Å². The lowest BCUT2D eigenvalue weighted by atomic mass is 9.90. The number of rotatable bonds is 4. The number of amides is 1. The molecule has 0 radical (unpaired) electrons. The van der Waals surface area contributed by atoms with Crippen LogP contribution in [-0.2, 0) is 4.79 Å². The summed E-state index contributed by atoms with van der Waals surface area (Å²) in [4.78, 5) is 27.9. The second-order valence-corrected chi connectivity index (χ2v) is 6.65. The highest BCUT2D eigenvalue weighted by atomic mass is 32.2. The lowest BCUT2D eigenvalue weighted by molar-refractivity contribution is -0.116. The van der Waals surface area contributed by atoms with Gasteiger partial charge in [-0.1, -0.05) is 43.8 Å². The van der Waals surface area contributed by atoms with E-state index in [1.165, 1.54) is 17.3 Å². The Balaban J connectivity index is 1.74. The van der Waals surface area contributed by atoms with Crippen molar-refractivity contribution in [1.82, 2.24) is 15.2 Å². The van der Waals surface area contributed by atoms with Crippen molar-refractivity contribution >= 4 is 23.4 Å². The van der Waals surface area contributed by atoms with E-state index >= 15 is 0 Å². The maximum atomic E-state index is 12.5. The number of nitrogens with one attached hydrogen (secondary N) is 2. The number of fused-ring (bicyclic) bond motifs is 1. The average Bonchev–Trinajstić information content (AvgIpc) is 3.08. The Bertz CT molecular complexity index is 737. The van der Waals surface area contributed by atoms with Crippen molar-refractivity contribution in [2.24, 2.45) is 5.92 Å². The number of anilines is 1. The fourth-order valence-corrected chi connectivity index (χ4v) is 3.47. The predicted molar refractivity (Wildman–Crippen MR) is 86.3 cm³/mol. The van der Waals surface area contributed by atoms with Gasteiger partial charge in [-0.2, -0.15) is 0 Å². The Labute approximate surface area is 132 Å². The molecule has 0 spiro atoms. The Morgan fingerprint density at radius 2 is 2.23 bits per heavy atom. The van der Waals surface area contributed by atoms with Gasteiger partial charge in [-0.05, 0) is 17.5 Å². The van der Waals surface area contributed by atoms with Crippen molar-refractivity contribution in [2.45, 2.75) is 24.9 Å². The average molecular weight is 318 g/mol. The number of para-hydroxylation sites is 1. The van der Waals surface area contributed by atoms with E-state index in [4.69, 9.17) is 0 Å². The maximum Gasteiger partial charge on any atom is 0.341 e. The van der Waals surface area contributed by atoms with Gasteiger partial charge in [-0.3, -0.25) is 9.78 Å². The summed E-state index contributed by atoms with van der Waals surface area (Å²) in [6.07, 6.45) is 0. The predicted octanol–water partition coefficient (Wildman–Crippen LogP) is 1.98. The molecule has 0 aliphatic carbocycles. The van der Waals surface area contributed by atoms with Gasteiger partial charge < -0.3 is 4.90 Å². The minimum atomic E-state index is -0.360. The molecule has 2 N–H and O–H groups in total. The third-order valence-corrected chi connectivity index (χ3v) is 4.78. The zero-order chi connectivity index (χ0) is 15.7. The second kappa shape index (κ2) is 6.00. The van der Waals surface area contributed by atoms with Gasteiger partial charge in [0.25, 0.3) is 0 Å². The van der Waals surface area contributed by atoms with Crippen LogP contribution in [0.5, 0.6) is 0 Å². The molecule has 1 aromatic carbocycles. The Kier molecular flexibility index (Phi) is 4.06. The minimum Gasteiger partial charge on any atom is -0.311 e. The molecule has 7 heteroatoms. The molecule has 0 saturated carbocycles. The maximum absolute atomic E-state index is 12.5. The molecule has 0 fully saturated rings. The first kappa shape index (κ1) is 14.9. The standard InChI is InChI=1S/C15H18N4O2S/c1-9(2)11-7-19(12-6-4-3-5-10(11)12)13(20)8-22-15-16-14(21)17-18-15/h3-6,9,11H,7-8H2,1-2H3,(H2,16,17,18,21). The number of H-pyrrole nitrogens is 2. The number of aromatic amines is 2. The van der Waals surface area contributed by atoms with Crippen LogP contribution in [0, 0.1) is 5.92 Å². The molecule has 1 amide bonds. The normalized spacial score (nSPS) is 17.0. The number of nitrogens with zero attached hydrogens (tertiary/aromatic N) is 2. The molecule has 1 aliphatic rings. The van der Waals surface area contributed by atoms with Crippen molar-refractivity contribution < 1.29 is 4.79 Å². The van der Waals surface area contributed by atoms with Gasteiger partial charge in [-0.15, -0.1) is 5.10 Å². The molecule has 1 aromatic heterocycles. The van der Waals surface area contributed by atoms with Crippen molar-refractivity contribution in [3.63, 3.8) is 0 Å². The number of carbonyl (C=O) groups excluding carboxylic acids is 1. The molecule has 6 nitrogen and oxygen atoms in total. The van der Waals surface area contributed by atoms with Gasteiger partial charge in [0.1, 0.15) is 0 Å². The van der Waals surface area contributed by atoms with Crippen LogP contribution in [0.3, 0.4) is 0 Å². The van der Waals surface area contributed by atoms with Crippen molar-refractivity contribution in [3.8, 4) is 0 Å². The number of carbonyl (C=O) groups is 1. The van der Waals surface area contributed by atoms with Crippen LogP contribution in [0.15, 0.2) is 34.2 Å². The molecule has 0 bridgehead atoms. The van der Waals surface area contributed by atoms with E-state index in [-0.39, 0.29) is 17.3 Å². The lowest BCUT2D eigenvalue weighted by Crippen LogP contribution is -2.32. The summed E-state index contributed by atoms with van der Waals surface area (Å²) >= 11 is 1.23. The zero-order valence-electron chi connectivity index (χ0n) is 12.5. The van der Waals surface area contributed by atoms with E-state index in [1.807, 2.05) is 23.1 Å². The molecule has 2 heterocycles. The van der Waals surface area contributed by atoms with E-state index in [0.717, 1.165) is 5.69 Å². The number of hydrogen-bond donors (Lipinski definition) is 2. The van der Waals surface area contributed by atoms with Crippen LogP contribution in [0.25, 0.3) is 0 Å². The number of aromatic nitrogens is 3. The summed E-state index contributed by atoms with van der Waals surface area (Å²) < 4.78 is 0. The Hall–Kier alpha value is -2.02. The van der Waals surface area contributed by atoms with Gasteiger partial charge in [0.2, 0.25) is 5.91 Å². The summed E-state index contributed by atoms with van der Waals surface area (Å²) in [7, 11) is 0. The smallest absolute Gasteiger partial charge is 0.311 e. The van der Waals surface area contributed by atoms with Crippen molar-refractivity contribution in [2.75, 3.05) is 17.2 Å². The molecule has 1 unspecified atom stereocenters. The third kappa shape index (κ3) is 2.81. The Morgan fingerprint density at radius 3 is 2.91 bits per heavy atom. The van der Waals surface area contributed by atoms with Gasteiger partial charge in [0, 0.05) is 18.2 Å². The summed E-state index contributed by atoms with van der Waals surface area (Å²) in [5.74, 6) is 1.13. The third-order valence-electron chi connectivity index (χ3n) is 3.92. The number of hydrogen-bond acceptors (Lipinski definition) is 4. The van der Waals surface area contributed by atoms with Crippen LogP contribution < -0.4 is 10.6 Å². The zero-order valence-corrected chi connectivity index (χ0v) is 13.3. The molecule has 2 aromatic rings. The van der Waals surface area contributed by atoms with Crippen LogP contribution in [-0.4, -0.2) is 33.4 Å². The summed E-state index contributed by atoms with van der Waals surface area (Å²) in [6.45, 7) is 5.07. The molecule has 0 saturated heterocycles. The van der Waals surface area contributed by atoms with E-state index < -0.39 is 0 Å². The van der Waals surface area contributed by atoms with E-state index in [1.54, 1.807) is 0 Å². The van der Waals surface area contributed by atoms with Crippen LogP contribution in [0.2, 0.25) is 0 Å². The molecule has 1 aliphatic heterocycles. The van der Waals surface area contributed by atoms with Gasteiger partial charge >= 0.3 is 5.69 Å². The first-order valence-electron chi connectivity index (χ1n) is 7.23. The minimum absolute atomic E-state index is 0.0319. The molecular weight excluding hydrogens is 300 g/mol. The summed E-state index contributed by atoms with van der Waals surface area (Å²) in [5.41, 5.74) is 1.88. The second-order valence-electron chi connectivity index (χ2n) is 5.69. The topological polar surface area (TPSA) is 81.8 Å². The SMILES string of the molecule is CC(C)C1CN(C(=O)CSc2n[nH]c(=O)[nH]2)c2ccccc21. The highest BCUT2D eigenvalue weighted by Gasteiger charge is 2.33. The Morgan fingerprint density at radius 1 is 1.45 bits per heavy atom. The lowest BCUT2D eigenvalue weighted by Gasteiger charge is -2.18. The summed E-state index contributed by atoms with van der Waals surface area (Å²) in [6, 6.07) is 8.08. The summed E-state index contributed by atoms with van der Waals surface area (Å²) in [5, 5.41) is 6.53. The van der Waals surface area contributed by atoms with Crippen molar-refractivity contribution in [1.29, 1.82) is 0 Å². The van der Waals surface area contributed by atoms with Crippen LogP contribution in [0.1, 0.15) is 25.3 Å². The molecule has 22 heavy (non-hydrogen) atoms. The fourth-order valence-electron chi connectivity index (χ4n) is 2.78. The van der Waals surface area contributed by atoms with E-state index in [0.29, 0.717) is 23.5 Å². The van der Waals surface area contributed by atoms with Crippen LogP contribution >= 0.6 is 11.8 Å². The monoisotopic (exact) mass is 318 g/mol. The molecular formula is C15H18N4O2S.